The molecule has 8 nitrogen and oxygen atoms in total. The van der Waals surface area contributed by atoms with Crippen LogP contribution in [0.25, 0.3) is 0 Å². The first-order chi connectivity index (χ1) is 17.0. The fourth-order valence-electron chi connectivity index (χ4n) is 4.74. The number of urea groups is 1. The quantitative estimate of drug-likeness (QED) is 0.398. The van der Waals surface area contributed by atoms with Crippen molar-refractivity contribution in [3.05, 3.63) is 54.1 Å². The van der Waals surface area contributed by atoms with Gasteiger partial charge in [-0.3, -0.25) is 20.2 Å². The molecule has 0 atom stereocenters. The molecule has 1 aliphatic heterocycles. The number of hydrogen-bond acceptors (Lipinski definition) is 6. The van der Waals surface area contributed by atoms with Crippen molar-refractivity contribution >= 4 is 17.8 Å². The molecule has 182 valence electrons. The Labute approximate surface area is 204 Å². The van der Waals surface area contributed by atoms with Crippen molar-refractivity contribution in [3.63, 3.8) is 0 Å². The van der Waals surface area contributed by atoms with E-state index in [1.54, 1.807) is 24.3 Å². The number of barbiturate groups is 1. The maximum Gasteiger partial charge on any atom is 0.328 e. The van der Waals surface area contributed by atoms with Crippen LogP contribution in [0.15, 0.2) is 48.5 Å². The molecule has 2 aromatic rings. The summed E-state index contributed by atoms with van der Waals surface area (Å²) in [6, 6.07) is 15.9. The van der Waals surface area contributed by atoms with Gasteiger partial charge in [0, 0.05) is 12.3 Å². The molecule has 0 aromatic heterocycles. The lowest BCUT2D eigenvalue weighted by molar-refractivity contribution is -0.158. The number of nitrogens with one attached hydrogen (secondary N) is 2. The summed E-state index contributed by atoms with van der Waals surface area (Å²) in [7, 11) is 0. The number of benzene rings is 2. The fraction of sp³-hybridized carbons (Fsp3) is 0.407. The second-order valence-electron chi connectivity index (χ2n) is 8.99. The van der Waals surface area contributed by atoms with E-state index in [1.807, 2.05) is 24.3 Å². The first kappa shape index (κ1) is 24.3. The van der Waals surface area contributed by atoms with Gasteiger partial charge in [-0.05, 0) is 74.1 Å². The van der Waals surface area contributed by atoms with E-state index >= 15 is 0 Å². The largest absolute Gasteiger partial charge is 0.467 e. The fourth-order valence-corrected chi connectivity index (χ4v) is 4.74. The first-order valence-corrected chi connectivity index (χ1v) is 12.1. The van der Waals surface area contributed by atoms with Gasteiger partial charge in [0.25, 0.3) is 17.4 Å². The molecule has 2 aromatic carbocycles. The molecule has 4 amide bonds. The summed E-state index contributed by atoms with van der Waals surface area (Å²) in [4.78, 5) is 37.5. The highest BCUT2D eigenvalue weighted by Crippen LogP contribution is 2.38. The van der Waals surface area contributed by atoms with E-state index in [1.165, 1.54) is 5.56 Å². The van der Waals surface area contributed by atoms with E-state index in [4.69, 9.17) is 14.7 Å². The number of imide groups is 2. The number of rotatable bonds is 9. The lowest BCUT2D eigenvalue weighted by Crippen LogP contribution is -2.72. The molecule has 0 bridgehead atoms. The summed E-state index contributed by atoms with van der Waals surface area (Å²) in [6.45, 7) is 0. The maximum absolute atomic E-state index is 12.9. The van der Waals surface area contributed by atoms with Gasteiger partial charge in [0.2, 0.25) is 0 Å². The average molecular weight is 476 g/mol. The van der Waals surface area contributed by atoms with Crippen LogP contribution in [0, 0.1) is 17.2 Å². The molecule has 0 unspecified atom stereocenters. The second-order valence-corrected chi connectivity index (χ2v) is 8.99. The minimum Gasteiger partial charge on any atom is -0.467 e. The Morgan fingerprint density at radius 1 is 0.829 bits per heavy atom. The minimum absolute atomic E-state index is 0.321. The SMILES string of the molecule is N#CCCCCc1ccc(Oc2ccc(OC3(C4CCCCC4)C(=O)NC(=O)NC3=O)cc2)cc1. The normalized spacial score (nSPS) is 17.7. The number of amides is 4. The van der Waals surface area contributed by atoms with Crippen LogP contribution in [-0.2, 0) is 16.0 Å². The summed E-state index contributed by atoms with van der Waals surface area (Å²) in [5.74, 6) is -0.146. The molecule has 0 spiro atoms. The van der Waals surface area contributed by atoms with Gasteiger partial charge in [0.15, 0.2) is 0 Å². The summed E-state index contributed by atoms with van der Waals surface area (Å²) >= 11 is 0. The van der Waals surface area contributed by atoms with Gasteiger partial charge >= 0.3 is 6.03 Å². The number of carbonyl (C=O) groups excluding carboxylic acids is 3. The molecule has 0 radical (unpaired) electrons. The Balaban J connectivity index is 1.43. The van der Waals surface area contributed by atoms with Crippen LogP contribution >= 0.6 is 0 Å². The first-order valence-electron chi connectivity index (χ1n) is 12.1. The van der Waals surface area contributed by atoms with Crippen LogP contribution in [0.1, 0.15) is 56.9 Å². The van der Waals surface area contributed by atoms with Crippen molar-refractivity contribution in [3.8, 4) is 23.3 Å². The molecule has 1 saturated carbocycles. The molecule has 8 heteroatoms. The van der Waals surface area contributed by atoms with Gasteiger partial charge < -0.3 is 9.47 Å². The van der Waals surface area contributed by atoms with Gasteiger partial charge in [0.1, 0.15) is 17.2 Å². The van der Waals surface area contributed by atoms with Crippen molar-refractivity contribution in [2.45, 2.75) is 63.4 Å². The summed E-state index contributed by atoms with van der Waals surface area (Å²) < 4.78 is 12.0. The van der Waals surface area contributed by atoms with Gasteiger partial charge in [-0.2, -0.15) is 5.26 Å². The Kier molecular flexibility index (Phi) is 7.66. The number of nitrogens with zero attached hydrogens (tertiary/aromatic N) is 1. The molecule has 35 heavy (non-hydrogen) atoms. The zero-order valence-corrected chi connectivity index (χ0v) is 19.5. The third-order valence-corrected chi connectivity index (χ3v) is 6.57. The third kappa shape index (κ3) is 5.62. The Hall–Kier alpha value is -3.86. The molecular formula is C27H29N3O5. The van der Waals surface area contributed by atoms with E-state index < -0.39 is 23.4 Å². The highest BCUT2D eigenvalue weighted by atomic mass is 16.5. The van der Waals surface area contributed by atoms with Crippen LogP contribution in [-0.4, -0.2) is 23.4 Å². The Bertz CT molecular complexity index is 1080. The highest BCUT2D eigenvalue weighted by molar-refractivity contribution is 6.22. The lowest BCUT2D eigenvalue weighted by Gasteiger charge is -2.41. The van der Waals surface area contributed by atoms with E-state index in [2.05, 4.69) is 16.7 Å². The van der Waals surface area contributed by atoms with Crippen LogP contribution in [0.2, 0.25) is 0 Å². The molecule has 1 saturated heterocycles. The topological polar surface area (TPSA) is 118 Å². The lowest BCUT2D eigenvalue weighted by atomic mass is 9.75. The zero-order valence-electron chi connectivity index (χ0n) is 19.5. The summed E-state index contributed by atoms with van der Waals surface area (Å²) in [5.41, 5.74) is -0.589. The minimum atomic E-state index is -1.78. The molecule has 2 N–H and O–H groups in total. The predicted octanol–water partition coefficient (Wildman–Crippen LogP) is 4.78. The van der Waals surface area contributed by atoms with Crippen LogP contribution < -0.4 is 20.1 Å². The van der Waals surface area contributed by atoms with Crippen LogP contribution in [0.5, 0.6) is 17.2 Å². The highest BCUT2D eigenvalue weighted by Gasteiger charge is 2.58. The summed E-state index contributed by atoms with van der Waals surface area (Å²) in [5, 5.41) is 13.0. The number of aryl methyl sites for hydroxylation is 1. The van der Waals surface area contributed by atoms with Gasteiger partial charge in [-0.1, -0.05) is 31.4 Å². The van der Waals surface area contributed by atoms with Crippen molar-refractivity contribution < 1.29 is 23.9 Å². The Morgan fingerprint density at radius 2 is 1.40 bits per heavy atom. The van der Waals surface area contributed by atoms with E-state index in [0.717, 1.165) is 38.5 Å². The molecule has 1 aliphatic carbocycles. The van der Waals surface area contributed by atoms with Crippen molar-refractivity contribution in [2.24, 2.45) is 5.92 Å². The number of carbonyl (C=O) groups is 3. The van der Waals surface area contributed by atoms with Crippen molar-refractivity contribution in [1.82, 2.24) is 10.6 Å². The van der Waals surface area contributed by atoms with Crippen LogP contribution in [0.3, 0.4) is 0 Å². The standard InChI is InChI=1S/C27H29N3O5/c28-18-6-2-3-7-19-10-12-21(13-11-19)34-22-14-16-23(17-15-22)35-27(20-8-4-1-5-9-20)24(31)29-26(33)30-25(27)32/h10-17,20H,1-9H2,(H2,29,30,31,32,33). The van der Waals surface area contributed by atoms with Gasteiger partial charge in [-0.15, -0.1) is 0 Å². The van der Waals surface area contributed by atoms with Crippen molar-refractivity contribution in [1.29, 1.82) is 5.26 Å². The van der Waals surface area contributed by atoms with Gasteiger partial charge in [-0.25, -0.2) is 4.79 Å². The number of ether oxygens (including phenoxy) is 2. The Morgan fingerprint density at radius 3 is 2.00 bits per heavy atom. The number of nitriles is 1. The molecule has 2 fully saturated rings. The second kappa shape index (κ2) is 11.0. The van der Waals surface area contributed by atoms with E-state index in [0.29, 0.717) is 36.5 Å². The number of unbranched alkanes of at least 4 members (excludes halogenated alkanes) is 2. The molecule has 1 heterocycles. The predicted molar refractivity (Wildman–Crippen MR) is 128 cm³/mol. The van der Waals surface area contributed by atoms with E-state index in [9.17, 15) is 14.4 Å². The maximum atomic E-state index is 12.9. The van der Waals surface area contributed by atoms with E-state index in [-0.39, 0.29) is 5.92 Å². The van der Waals surface area contributed by atoms with Crippen molar-refractivity contribution in [2.75, 3.05) is 0 Å². The van der Waals surface area contributed by atoms with Crippen LogP contribution in [0.4, 0.5) is 4.79 Å². The smallest absolute Gasteiger partial charge is 0.328 e. The summed E-state index contributed by atoms with van der Waals surface area (Å²) in [6.07, 6.45) is 7.55. The molecule has 2 aliphatic rings. The monoisotopic (exact) mass is 475 g/mol. The van der Waals surface area contributed by atoms with Gasteiger partial charge in [0.05, 0.1) is 6.07 Å². The third-order valence-electron chi connectivity index (χ3n) is 6.57. The molecule has 4 rings (SSSR count). The number of hydrogen-bond donors (Lipinski definition) is 2. The average Bonchev–Trinajstić information content (AvgIpc) is 2.87. The molecular weight excluding hydrogens is 446 g/mol. The zero-order chi connectivity index (χ0) is 24.7.